The summed E-state index contributed by atoms with van der Waals surface area (Å²) < 4.78 is 12.8. The Labute approximate surface area is 749 Å². The number of carbonyl (C=O) groups is 1. The van der Waals surface area contributed by atoms with Gasteiger partial charge in [0, 0.05) is 135 Å². The highest BCUT2D eigenvalue weighted by atomic mass is 35.5. The van der Waals surface area contributed by atoms with Crippen LogP contribution in [0.2, 0.25) is 5.02 Å². The Morgan fingerprint density at radius 2 is 0.766 bits per heavy atom. The Bertz CT molecular complexity index is 7050. The van der Waals surface area contributed by atoms with Crippen LogP contribution in [0, 0.1) is 69.2 Å². The molecule has 16 aromatic heterocycles. The van der Waals surface area contributed by atoms with Crippen molar-refractivity contribution in [2.45, 2.75) is 197 Å². The fourth-order valence-electron chi connectivity index (χ4n) is 18.1. The van der Waals surface area contributed by atoms with Crippen molar-refractivity contribution in [1.82, 2.24) is 74.3 Å². The molecule has 5 N–H and O–H groups in total. The second-order valence-electron chi connectivity index (χ2n) is 33.5. The largest absolute Gasteiger partial charge is 0.365 e. The van der Waals surface area contributed by atoms with E-state index in [1.165, 1.54) is 175 Å². The molecule has 5 aliphatic rings. The van der Waals surface area contributed by atoms with Gasteiger partial charge in [0.05, 0.1) is 74.4 Å². The second kappa shape index (κ2) is 35.4. The molecule has 124 heavy (non-hydrogen) atoms. The van der Waals surface area contributed by atoms with Crippen molar-refractivity contribution < 1.29 is 4.79 Å². The first-order chi connectivity index (χ1) is 59.9. The van der Waals surface area contributed by atoms with Gasteiger partial charge in [0.2, 0.25) is 0 Å². The molecule has 18 heterocycles. The zero-order valence-electron chi connectivity index (χ0n) is 72.8. The number of aliphatic imine (C=N–C) groups is 2. The van der Waals surface area contributed by atoms with Gasteiger partial charge in [-0.1, -0.05) is 99.4 Å². The van der Waals surface area contributed by atoms with Gasteiger partial charge >= 0.3 is 0 Å². The van der Waals surface area contributed by atoms with Gasteiger partial charge in [-0.2, -0.15) is 20.4 Å². The molecule has 1 amide bonds. The first-order valence-electron chi connectivity index (χ1n) is 42.9. The number of para-hydroxylation sites is 1. The zero-order valence-corrected chi connectivity index (χ0v) is 78.4. The molecule has 0 radical (unpaired) electrons. The number of anilines is 5. The van der Waals surface area contributed by atoms with E-state index in [1.807, 2.05) is 129 Å². The number of aromatic nitrogens is 14. The lowest BCUT2D eigenvalue weighted by Crippen LogP contribution is -2.29. The number of fused-ring (bicyclic) bond motifs is 18. The van der Waals surface area contributed by atoms with Crippen molar-refractivity contribution in [2.75, 3.05) is 21.3 Å². The Morgan fingerprint density at radius 1 is 0.395 bits per heavy atom. The van der Waals surface area contributed by atoms with Gasteiger partial charge in [-0.05, 0) is 204 Å². The van der Waals surface area contributed by atoms with Crippen molar-refractivity contribution in [2.24, 2.45) is 38.2 Å². The van der Waals surface area contributed by atoms with E-state index in [0.29, 0.717) is 36.1 Å². The van der Waals surface area contributed by atoms with Gasteiger partial charge in [-0.15, -0.1) is 68.0 Å². The Hall–Kier alpha value is -10.7. The molecule has 22 nitrogen and oxygen atoms in total. The minimum Gasteiger partial charge on any atom is -0.365 e. The summed E-state index contributed by atoms with van der Waals surface area (Å²) in [6, 6.07) is 35.8. The minimum atomic E-state index is -0.131. The maximum atomic E-state index is 12.3. The number of nitrogens with one attached hydrogen (secondary N) is 5. The van der Waals surface area contributed by atoms with Gasteiger partial charge < -0.3 is 26.6 Å². The molecular formula is C95H102ClN21OS6. The summed E-state index contributed by atoms with van der Waals surface area (Å²) in [4.78, 5) is 58.0. The molecule has 0 saturated heterocycles. The fourth-order valence-corrected chi connectivity index (χ4v) is 25.7. The molecular weight excluding hydrogens is 1680 g/mol. The third-order valence-electron chi connectivity index (χ3n) is 24.1. The van der Waals surface area contributed by atoms with Crippen LogP contribution >= 0.6 is 79.6 Å². The molecule has 3 fully saturated rings. The predicted octanol–water partition coefficient (Wildman–Crippen LogP) is 24.7. The Kier molecular flexibility index (Phi) is 24.0. The fraction of sp³-hybridized carbons (Fsp3) is 0.358. The van der Waals surface area contributed by atoms with Crippen LogP contribution in [0.5, 0.6) is 0 Å². The first kappa shape index (κ1) is 84.1. The Morgan fingerprint density at radius 3 is 1.22 bits per heavy atom. The van der Waals surface area contributed by atoms with E-state index in [2.05, 4.69) is 141 Å². The SMILES string of the molecule is CC1=NCc2c1sc1nc(C)ccc21.Cc1cc(C)c2c(n1)sc1c(NC3CCCC3)nn(C)c12.Cc1cc(C)c2c(n1)sc1c(NC3CCCCC3)nn(C)c12.Cc1cc(C)c2c(n1)sc1c(NC3CCCCC3)nn(C)c12.Cc1ccc2c3c(sc2n1)C(NC(=O)c1ccccc1)=NC3.Cc1nc2sc3c(Nc4ccccc4)nn(C)c3c2c(C)c1Cl. The number of rotatable bonds is 9. The van der Waals surface area contributed by atoms with Crippen molar-refractivity contribution in [1.29, 1.82) is 0 Å². The molecule has 0 atom stereocenters. The summed E-state index contributed by atoms with van der Waals surface area (Å²) in [7, 11) is 8.07. The molecule has 29 heteroatoms. The molecule has 2 aromatic carbocycles. The maximum Gasteiger partial charge on any atom is 0.256 e. The number of hydrogen-bond donors (Lipinski definition) is 5. The second-order valence-corrected chi connectivity index (χ2v) is 39.9. The molecule has 2 aliphatic heterocycles. The van der Waals surface area contributed by atoms with Gasteiger partial charge in [-0.3, -0.25) is 33.5 Å². The normalized spacial score (nSPS) is 14.8. The van der Waals surface area contributed by atoms with Gasteiger partial charge in [-0.25, -0.2) is 29.9 Å². The molecule has 18 aromatic rings. The van der Waals surface area contributed by atoms with Crippen LogP contribution in [0.4, 0.5) is 29.0 Å². The van der Waals surface area contributed by atoms with E-state index < -0.39 is 0 Å². The molecule has 0 unspecified atom stereocenters. The number of thiophene rings is 6. The van der Waals surface area contributed by atoms with Crippen LogP contribution in [0.1, 0.15) is 184 Å². The monoisotopic (exact) mass is 1780 g/mol. The van der Waals surface area contributed by atoms with Gasteiger partial charge in [0.25, 0.3) is 5.91 Å². The third-order valence-corrected chi connectivity index (χ3v) is 31.4. The summed E-state index contributed by atoms with van der Waals surface area (Å²) in [6.45, 7) is 24.2. The quantitative estimate of drug-likeness (QED) is 0.0901. The number of carbonyl (C=O) groups excluding carboxylic acids is 1. The number of benzene rings is 2. The number of amides is 1. The summed E-state index contributed by atoms with van der Waals surface area (Å²) in [5.74, 6) is 4.51. The number of aryl methyl sites for hydroxylation is 14. The molecule has 0 bridgehead atoms. The molecule has 636 valence electrons. The number of nitrogens with zero attached hydrogens (tertiary/aromatic N) is 16. The summed E-state index contributed by atoms with van der Waals surface area (Å²) in [5.41, 5.74) is 21.3. The van der Waals surface area contributed by atoms with Crippen molar-refractivity contribution >= 4 is 228 Å². The van der Waals surface area contributed by atoms with Crippen LogP contribution in [-0.2, 0) is 41.3 Å². The standard InChI is InChI=1S/C17H15ClN4S.2C17H22N4S.C17H13N3OS.C16H20N4S.C11H10N2S/c1-9-12-14-15(23-17(12)19-10(2)13(9)18)16(21-22(14)3)20-11-7-5-4-6-8-11;2*1-10-9-11(2)18-17-13(10)14-15(22-17)16(20-21(14)3)19-12-7-5-4-6-8-12;1-10-7-8-12-13-9-18-15(14(13)22-17(12)19-10)20-16(21)11-5-3-2-4-6-11;1-9-8-10(2)17-16-12(9)13-14(21-16)15(19-20(13)3)18-11-6-4-5-7-11;1-6-3-4-8-9-5-12-7(2)10(9)14-11(8)13-6/h4-8H,1-3H3,(H,20,21);2*9,12H,4-8H2,1-3H3,(H,19,20);2-8H,9H2,1H3,(H,18,20,21);8,11H,4-7H2,1-3H3,(H,18,19);3-4H,5H2,1-2H3. The summed E-state index contributed by atoms with van der Waals surface area (Å²) in [5, 5.41) is 44.2. The molecule has 3 aliphatic carbocycles. The number of hydrogen-bond acceptors (Lipinski definition) is 23. The van der Waals surface area contributed by atoms with Gasteiger partial charge in [0.1, 0.15) is 34.8 Å². The highest BCUT2D eigenvalue weighted by Crippen LogP contribution is 2.46. The van der Waals surface area contributed by atoms with E-state index in [1.54, 1.807) is 80.2 Å². The van der Waals surface area contributed by atoms with Crippen LogP contribution in [0.3, 0.4) is 0 Å². The minimum absolute atomic E-state index is 0.131. The first-order valence-corrected chi connectivity index (χ1v) is 48.2. The Balaban J connectivity index is 0.000000102. The number of halogens is 1. The lowest BCUT2D eigenvalue weighted by atomic mass is 9.95. The van der Waals surface area contributed by atoms with E-state index in [4.69, 9.17) is 41.8 Å². The van der Waals surface area contributed by atoms with Crippen molar-refractivity contribution in [3.8, 4) is 0 Å². The van der Waals surface area contributed by atoms with E-state index in [-0.39, 0.29) is 5.91 Å². The van der Waals surface area contributed by atoms with Crippen LogP contribution in [0.15, 0.2) is 113 Å². The third kappa shape index (κ3) is 16.7. The van der Waals surface area contributed by atoms with Crippen LogP contribution < -0.4 is 26.6 Å². The van der Waals surface area contributed by atoms with Crippen molar-refractivity contribution in [3.63, 3.8) is 0 Å². The van der Waals surface area contributed by atoms with Crippen LogP contribution in [0.25, 0.3) is 102 Å². The number of amidine groups is 1. The van der Waals surface area contributed by atoms with E-state index in [0.717, 1.165) is 141 Å². The lowest BCUT2D eigenvalue weighted by molar-refractivity contribution is 0.0977. The van der Waals surface area contributed by atoms with E-state index >= 15 is 0 Å². The highest BCUT2D eigenvalue weighted by molar-refractivity contribution is 7.27. The van der Waals surface area contributed by atoms with Crippen LogP contribution in [-0.4, -0.2) is 105 Å². The summed E-state index contributed by atoms with van der Waals surface area (Å²) in [6.07, 6.45) is 18.3. The average molecular weight is 1780 g/mol. The molecule has 0 spiro atoms. The smallest absolute Gasteiger partial charge is 0.256 e. The average Bonchev–Trinajstić information content (AvgIpc) is 1.61. The lowest BCUT2D eigenvalue weighted by Gasteiger charge is -2.22. The molecule has 3 saturated carbocycles. The molecule has 23 rings (SSSR count). The number of pyridine rings is 6. The van der Waals surface area contributed by atoms with Gasteiger partial charge in [0.15, 0.2) is 23.3 Å². The highest BCUT2D eigenvalue weighted by Gasteiger charge is 2.29. The summed E-state index contributed by atoms with van der Waals surface area (Å²) >= 11 is 16.7. The predicted molar refractivity (Wildman–Crippen MR) is 524 cm³/mol. The van der Waals surface area contributed by atoms with E-state index in [9.17, 15) is 4.79 Å². The topological polar surface area (TPSA) is 251 Å². The van der Waals surface area contributed by atoms with Crippen molar-refractivity contribution in [3.05, 3.63) is 191 Å². The zero-order chi connectivity index (χ0) is 86.0. The maximum absolute atomic E-state index is 12.3.